The van der Waals surface area contributed by atoms with Crippen LogP contribution in [0.4, 0.5) is 0 Å². The molecule has 1 fully saturated rings. The number of amides is 1. The van der Waals surface area contributed by atoms with Crippen molar-refractivity contribution in [3.8, 4) is 0 Å². The van der Waals surface area contributed by atoms with Crippen LogP contribution in [0.15, 0.2) is 0 Å². The normalized spacial score (nSPS) is 21.1. The number of carbonyl (C=O) groups is 1. The fourth-order valence-corrected chi connectivity index (χ4v) is 2.70. The van der Waals surface area contributed by atoms with Crippen molar-refractivity contribution in [1.82, 2.24) is 10.2 Å². The third-order valence-corrected chi connectivity index (χ3v) is 3.67. The van der Waals surface area contributed by atoms with Crippen LogP contribution in [0.1, 0.15) is 46.0 Å². The smallest absolute Gasteiger partial charge is 0.222 e. The second-order valence-corrected chi connectivity index (χ2v) is 5.75. The lowest BCUT2D eigenvalue weighted by atomic mass is 10.0. The molecule has 1 amide bonds. The topological polar surface area (TPSA) is 41.6 Å². The Morgan fingerprint density at radius 2 is 2.26 bits per heavy atom. The number of piperidine rings is 1. The zero-order chi connectivity index (χ0) is 14.1. The van der Waals surface area contributed by atoms with Crippen molar-refractivity contribution in [2.75, 3.05) is 33.4 Å². The Morgan fingerprint density at radius 3 is 2.84 bits per heavy atom. The van der Waals surface area contributed by atoms with Crippen molar-refractivity contribution in [2.24, 2.45) is 5.92 Å². The highest BCUT2D eigenvalue weighted by molar-refractivity contribution is 5.76. The summed E-state index contributed by atoms with van der Waals surface area (Å²) in [6, 6.07) is 0.488. The first-order valence-electron chi connectivity index (χ1n) is 7.67. The highest BCUT2D eigenvalue weighted by atomic mass is 16.5. The lowest BCUT2D eigenvalue weighted by molar-refractivity contribution is -0.133. The van der Waals surface area contributed by atoms with E-state index in [4.69, 9.17) is 4.74 Å². The van der Waals surface area contributed by atoms with Crippen LogP contribution in [-0.4, -0.2) is 50.2 Å². The largest absolute Gasteiger partial charge is 0.384 e. The van der Waals surface area contributed by atoms with E-state index in [1.54, 1.807) is 7.11 Å². The molecule has 4 heteroatoms. The van der Waals surface area contributed by atoms with Gasteiger partial charge >= 0.3 is 0 Å². The molecule has 4 nitrogen and oxygen atoms in total. The van der Waals surface area contributed by atoms with E-state index in [2.05, 4.69) is 19.2 Å². The van der Waals surface area contributed by atoms with Crippen LogP contribution in [0.5, 0.6) is 0 Å². The molecular weight excluding hydrogens is 240 g/mol. The molecule has 1 aliphatic heterocycles. The number of rotatable bonds is 8. The van der Waals surface area contributed by atoms with Gasteiger partial charge < -0.3 is 15.0 Å². The molecule has 0 saturated carbocycles. The van der Waals surface area contributed by atoms with E-state index in [1.165, 1.54) is 19.3 Å². The summed E-state index contributed by atoms with van der Waals surface area (Å²) in [6.45, 7) is 7.70. The maximum absolute atomic E-state index is 12.3. The minimum absolute atomic E-state index is 0.277. The fourth-order valence-electron chi connectivity index (χ4n) is 2.70. The Balaban J connectivity index is 2.42. The first-order chi connectivity index (χ1) is 9.17. The Kier molecular flexibility index (Phi) is 8.07. The van der Waals surface area contributed by atoms with Crippen molar-refractivity contribution in [1.29, 1.82) is 0 Å². The van der Waals surface area contributed by atoms with E-state index in [1.807, 2.05) is 4.90 Å². The van der Waals surface area contributed by atoms with E-state index in [-0.39, 0.29) is 5.91 Å². The first kappa shape index (κ1) is 16.4. The first-order valence-corrected chi connectivity index (χ1v) is 7.67. The number of carbonyl (C=O) groups excluding carboxylic acids is 1. The van der Waals surface area contributed by atoms with E-state index in [0.717, 1.165) is 26.1 Å². The van der Waals surface area contributed by atoms with Gasteiger partial charge in [-0.1, -0.05) is 20.3 Å². The molecule has 0 aromatic rings. The molecule has 0 radical (unpaired) electrons. The number of hydrogen-bond donors (Lipinski definition) is 1. The predicted octanol–water partition coefficient (Wildman–Crippen LogP) is 2.04. The Bertz CT molecular complexity index is 253. The summed E-state index contributed by atoms with van der Waals surface area (Å²) in [7, 11) is 1.69. The molecule has 2 atom stereocenters. The van der Waals surface area contributed by atoms with Crippen molar-refractivity contribution >= 4 is 5.91 Å². The van der Waals surface area contributed by atoms with E-state index >= 15 is 0 Å². The number of nitrogens with zero attached hydrogens (tertiary/aromatic N) is 1. The Morgan fingerprint density at radius 1 is 1.47 bits per heavy atom. The maximum atomic E-state index is 12.3. The van der Waals surface area contributed by atoms with Gasteiger partial charge in [-0.3, -0.25) is 4.79 Å². The van der Waals surface area contributed by atoms with Gasteiger partial charge in [0, 0.05) is 39.3 Å². The molecular formula is C15H30N2O2. The van der Waals surface area contributed by atoms with Crippen LogP contribution in [0.2, 0.25) is 0 Å². The summed E-state index contributed by atoms with van der Waals surface area (Å²) in [5.41, 5.74) is 0. The predicted molar refractivity (Wildman–Crippen MR) is 78.2 cm³/mol. The highest BCUT2D eigenvalue weighted by Crippen LogP contribution is 2.12. The molecule has 19 heavy (non-hydrogen) atoms. The molecule has 0 aromatic carbocycles. The third-order valence-electron chi connectivity index (χ3n) is 3.67. The monoisotopic (exact) mass is 270 g/mol. The molecule has 112 valence electrons. The average Bonchev–Trinajstić information content (AvgIpc) is 2.39. The zero-order valence-corrected chi connectivity index (χ0v) is 12.8. The van der Waals surface area contributed by atoms with Crippen LogP contribution in [-0.2, 0) is 9.53 Å². The highest BCUT2D eigenvalue weighted by Gasteiger charge is 2.21. The van der Waals surface area contributed by atoms with Gasteiger partial charge in [0.1, 0.15) is 0 Å². The van der Waals surface area contributed by atoms with Crippen LogP contribution in [0.3, 0.4) is 0 Å². The second kappa shape index (κ2) is 9.32. The van der Waals surface area contributed by atoms with Gasteiger partial charge in [0.15, 0.2) is 0 Å². The number of methoxy groups -OCH3 is 1. The molecule has 0 aliphatic carbocycles. The number of ether oxygens (including phenoxy) is 1. The summed E-state index contributed by atoms with van der Waals surface area (Å²) in [5, 5.41) is 3.52. The van der Waals surface area contributed by atoms with Crippen LogP contribution >= 0.6 is 0 Å². The summed E-state index contributed by atoms with van der Waals surface area (Å²) in [5.74, 6) is 0.579. The zero-order valence-electron chi connectivity index (χ0n) is 12.8. The van der Waals surface area contributed by atoms with E-state index in [9.17, 15) is 4.79 Å². The maximum Gasteiger partial charge on any atom is 0.222 e. The summed E-state index contributed by atoms with van der Waals surface area (Å²) >= 11 is 0. The molecule has 0 aromatic heterocycles. The molecule has 1 N–H and O–H groups in total. The number of nitrogens with one attached hydrogen (secondary N) is 1. The van der Waals surface area contributed by atoms with Gasteiger partial charge in [0.05, 0.1) is 0 Å². The molecule has 1 saturated heterocycles. The van der Waals surface area contributed by atoms with Crippen LogP contribution in [0.25, 0.3) is 0 Å². The molecule has 2 unspecified atom stereocenters. The van der Waals surface area contributed by atoms with Crippen molar-refractivity contribution < 1.29 is 9.53 Å². The summed E-state index contributed by atoms with van der Waals surface area (Å²) < 4.78 is 5.11. The minimum atomic E-state index is 0.277. The Hall–Kier alpha value is -0.610. The Labute approximate surface area is 117 Å². The van der Waals surface area contributed by atoms with Crippen molar-refractivity contribution in [3.05, 3.63) is 0 Å². The second-order valence-electron chi connectivity index (χ2n) is 5.75. The molecule has 0 spiro atoms. The van der Waals surface area contributed by atoms with Gasteiger partial charge in [0.25, 0.3) is 0 Å². The standard InChI is InChI=1S/C15H30N2O2/c1-4-9-17(11-14-7-5-6-8-16-14)15(18)10-13(2)12-19-3/h13-14,16H,4-12H2,1-3H3. The average molecular weight is 270 g/mol. The van der Waals surface area contributed by atoms with Gasteiger partial charge in [0.2, 0.25) is 5.91 Å². The van der Waals surface area contributed by atoms with Crippen LogP contribution < -0.4 is 5.32 Å². The van der Waals surface area contributed by atoms with Gasteiger partial charge in [-0.05, 0) is 31.7 Å². The quantitative estimate of drug-likeness (QED) is 0.734. The van der Waals surface area contributed by atoms with Gasteiger partial charge in [-0.15, -0.1) is 0 Å². The van der Waals surface area contributed by atoms with Crippen LogP contribution in [0, 0.1) is 5.92 Å². The summed E-state index contributed by atoms with van der Waals surface area (Å²) in [4.78, 5) is 14.4. The van der Waals surface area contributed by atoms with Crippen molar-refractivity contribution in [3.63, 3.8) is 0 Å². The molecule has 1 aliphatic rings. The molecule has 0 bridgehead atoms. The van der Waals surface area contributed by atoms with Gasteiger partial charge in [-0.25, -0.2) is 0 Å². The minimum Gasteiger partial charge on any atom is -0.384 e. The molecule has 1 heterocycles. The van der Waals surface area contributed by atoms with Crippen molar-refractivity contribution in [2.45, 2.75) is 52.0 Å². The summed E-state index contributed by atoms with van der Waals surface area (Å²) in [6.07, 6.45) is 5.37. The SMILES string of the molecule is CCCN(CC1CCCCN1)C(=O)CC(C)COC. The van der Waals surface area contributed by atoms with E-state index < -0.39 is 0 Å². The lowest BCUT2D eigenvalue weighted by Crippen LogP contribution is -2.46. The third kappa shape index (κ3) is 6.39. The van der Waals surface area contributed by atoms with Gasteiger partial charge in [-0.2, -0.15) is 0 Å². The number of hydrogen-bond acceptors (Lipinski definition) is 3. The molecule has 1 rings (SSSR count). The fraction of sp³-hybridized carbons (Fsp3) is 0.933. The lowest BCUT2D eigenvalue weighted by Gasteiger charge is -2.31. The van der Waals surface area contributed by atoms with E-state index in [0.29, 0.717) is 25.0 Å².